The summed E-state index contributed by atoms with van der Waals surface area (Å²) in [6, 6.07) is 9.51. The monoisotopic (exact) mass is 510 g/mol. The molecule has 0 radical (unpaired) electrons. The predicted molar refractivity (Wildman–Crippen MR) is 136 cm³/mol. The zero-order chi connectivity index (χ0) is 25.5. The van der Waals surface area contributed by atoms with E-state index in [1.54, 1.807) is 31.5 Å². The summed E-state index contributed by atoms with van der Waals surface area (Å²) in [5.74, 6) is -0.909. The van der Waals surface area contributed by atoms with E-state index in [9.17, 15) is 17.6 Å². The zero-order valence-corrected chi connectivity index (χ0v) is 21.8. The first-order valence-electron chi connectivity index (χ1n) is 11.2. The maximum Gasteiger partial charge on any atom is 0.268 e. The SMILES string of the molecule is CC.CC(C)(C)S(=O)(=O)NC(=O)c1cnn2ccc(N3CCCC3)cc12.Fc1ccc(Cl)cc1. The first kappa shape index (κ1) is 27.6. The van der Waals surface area contributed by atoms with Gasteiger partial charge >= 0.3 is 0 Å². The average Bonchev–Trinajstić information content (AvgIpc) is 3.46. The van der Waals surface area contributed by atoms with Gasteiger partial charge in [-0.3, -0.25) is 4.79 Å². The highest BCUT2D eigenvalue weighted by molar-refractivity contribution is 7.91. The maximum absolute atomic E-state index is 12.5. The third-order valence-corrected chi connectivity index (χ3v) is 7.38. The summed E-state index contributed by atoms with van der Waals surface area (Å²) < 4.78 is 39.1. The van der Waals surface area contributed by atoms with E-state index in [0.29, 0.717) is 10.5 Å². The Morgan fingerprint density at radius 2 is 1.68 bits per heavy atom. The van der Waals surface area contributed by atoms with Crippen molar-refractivity contribution < 1.29 is 17.6 Å². The highest BCUT2D eigenvalue weighted by Gasteiger charge is 2.31. The van der Waals surface area contributed by atoms with Crippen molar-refractivity contribution in [2.75, 3.05) is 18.0 Å². The highest BCUT2D eigenvalue weighted by Crippen LogP contribution is 2.23. The summed E-state index contributed by atoms with van der Waals surface area (Å²) in [7, 11) is -3.76. The van der Waals surface area contributed by atoms with Crippen LogP contribution in [0.3, 0.4) is 0 Å². The van der Waals surface area contributed by atoms with Crippen molar-refractivity contribution in [1.29, 1.82) is 0 Å². The summed E-state index contributed by atoms with van der Waals surface area (Å²) in [5.41, 5.74) is 1.87. The number of anilines is 1. The number of hydrogen-bond donors (Lipinski definition) is 1. The molecule has 34 heavy (non-hydrogen) atoms. The minimum atomic E-state index is -3.76. The summed E-state index contributed by atoms with van der Waals surface area (Å²) >= 11 is 5.44. The standard InChI is InChI=1S/C16H22N4O3S.C6H4ClF.C2H6/c1-16(2,3)24(22,23)18-15(21)13-11-17-20-9-6-12(10-14(13)20)19-7-4-5-8-19;7-5-1-3-6(8)4-2-5;1-2/h6,9-11H,4-5,7-8H2,1-3H3,(H,18,21);1-4H;1-2H3. The van der Waals surface area contributed by atoms with Gasteiger partial charge in [0.2, 0.25) is 10.0 Å². The van der Waals surface area contributed by atoms with Gasteiger partial charge in [-0.15, -0.1) is 0 Å². The fourth-order valence-corrected chi connectivity index (χ4v) is 3.86. The molecule has 186 valence electrons. The second kappa shape index (κ2) is 11.7. The van der Waals surface area contributed by atoms with Crippen molar-refractivity contribution >= 4 is 38.7 Å². The number of hydrogen-bond acceptors (Lipinski definition) is 5. The summed E-state index contributed by atoms with van der Waals surface area (Å²) in [4.78, 5) is 14.7. The third kappa shape index (κ3) is 6.93. The fraction of sp³-hybridized carbons (Fsp3) is 0.417. The molecule has 1 aliphatic heterocycles. The van der Waals surface area contributed by atoms with Gasteiger partial charge < -0.3 is 4.90 Å². The molecule has 3 heterocycles. The van der Waals surface area contributed by atoms with Gasteiger partial charge in [0.1, 0.15) is 5.82 Å². The molecular weight excluding hydrogens is 479 g/mol. The number of nitrogens with zero attached hydrogens (tertiary/aromatic N) is 3. The van der Waals surface area contributed by atoms with Gasteiger partial charge in [0.15, 0.2) is 0 Å². The normalized spacial score (nSPS) is 13.6. The van der Waals surface area contributed by atoms with Crippen LogP contribution >= 0.6 is 11.6 Å². The molecule has 2 aromatic heterocycles. The lowest BCUT2D eigenvalue weighted by Crippen LogP contribution is -2.42. The lowest BCUT2D eigenvalue weighted by molar-refractivity contribution is 0.0982. The maximum atomic E-state index is 12.5. The number of amides is 1. The number of fused-ring (bicyclic) bond motifs is 1. The van der Waals surface area contributed by atoms with Gasteiger partial charge in [0, 0.05) is 30.0 Å². The molecule has 1 aromatic carbocycles. The topological polar surface area (TPSA) is 83.8 Å². The molecule has 1 fully saturated rings. The van der Waals surface area contributed by atoms with Crippen LogP contribution in [0.15, 0.2) is 48.8 Å². The van der Waals surface area contributed by atoms with Crippen LogP contribution in [0, 0.1) is 5.82 Å². The molecule has 10 heteroatoms. The summed E-state index contributed by atoms with van der Waals surface area (Å²) in [6.07, 6.45) is 5.50. The molecule has 7 nitrogen and oxygen atoms in total. The van der Waals surface area contributed by atoms with E-state index in [-0.39, 0.29) is 11.4 Å². The van der Waals surface area contributed by atoms with E-state index in [1.807, 2.05) is 26.0 Å². The van der Waals surface area contributed by atoms with Gasteiger partial charge in [-0.1, -0.05) is 25.4 Å². The highest BCUT2D eigenvalue weighted by atomic mass is 35.5. The van der Waals surface area contributed by atoms with Crippen molar-refractivity contribution in [3.8, 4) is 0 Å². The van der Waals surface area contributed by atoms with Gasteiger partial charge in [0.25, 0.3) is 5.91 Å². The van der Waals surface area contributed by atoms with Crippen molar-refractivity contribution in [3.63, 3.8) is 0 Å². The number of halogens is 2. The molecule has 0 aliphatic carbocycles. The van der Waals surface area contributed by atoms with Crippen LogP contribution in [0.25, 0.3) is 5.52 Å². The number of aromatic nitrogens is 2. The Bertz CT molecular complexity index is 1180. The van der Waals surface area contributed by atoms with E-state index < -0.39 is 20.7 Å². The Hall–Kier alpha value is -2.65. The van der Waals surface area contributed by atoms with E-state index in [0.717, 1.165) is 31.6 Å². The van der Waals surface area contributed by atoms with Crippen LogP contribution in [-0.4, -0.2) is 41.8 Å². The van der Waals surface area contributed by atoms with Crippen LogP contribution in [-0.2, 0) is 10.0 Å². The lowest BCUT2D eigenvalue weighted by atomic mass is 10.2. The fourth-order valence-electron chi connectivity index (χ4n) is 3.08. The number of nitrogens with one attached hydrogen (secondary N) is 1. The quantitative estimate of drug-likeness (QED) is 0.517. The van der Waals surface area contributed by atoms with Crippen LogP contribution in [0.4, 0.5) is 10.1 Å². The molecular formula is C24H32ClFN4O3S. The van der Waals surface area contributed by atoms with E-state index in [4.69, 9.17) is 11.6 Å². The second-order valence-electron chi connectivity index (χ2n) is 8.45. The Morgan fingerprint density at radius 3 is 2.21 bits per heavy atom. The molecule has 1 aliphatic rings. The van der Waals surface area contributed by atoms with Crippen molar-refractivity contribution in [3.05, 3.63) is 65.2 Å². The van der Waals surface area contributed by atoms with Crippen molar-refractivity contribution in [2.45, 2.75) is 52.2 Å². The van der Waals surface area contributed by atoms with Crippen LogP contribution in [0.5, 0.6) is 0 Å². The average molecular weight is 511 g/mol. The van der Waals surface area contributed by atoms with Gasteiger partial charge in [-0.05, 0) is 70.0 Å². The van der Waals surface area contributed by atoms with E-state index in [2.05, 4.69) is 14.7 Å². The lowest BCUT2D eigenvalue weighted by Gasteiger charge is -2.19. The Balaban J connectivity index is 0.000000343. The molecule has 0 atom stereocenters. The predicted octanol–water partition coefficient (Wildman–Crippen LogP) is 5.30. The summed E-state index contributed by atoms with van der Waals surface area (Å²) in [5, 5.41) is 4.70. The van der Waals surface area contributed by atoms with Crippen LogP contribution in [0.2, 0.25) is 5.02 Å². The number of sulfonamides is 1. The molecule has 0 bridgehead atoms. The minimum absolute atomic E-state index is 0.254. The molecule has 3 aromatic rings. The second-order valence-corrected chi connectivity index (χ2v) is 11.3. The third-order valence-electron chi connectivity index (χ3n) is 5.06. The largest absolute Gasteiger partial charge is 0.371 e. The minimum Gasteiger partial charge on any atom is -0.371 e. The number of carbonyl (C=O) groups excluding carboxylic acids is 1. The molecule has 4 rings (SSSR count). The van der Waals surface area contributed by atoms with Gasteiger partial charge in [-0.25, -0.2) is 22.0 Å². The number of rotatable bonds is 3. The number of pyridine rings is 1. The van der Waals surface area contributed by atoms with Crippen molar-refractivity contribution in [2.24, 2.45) is 0 Å². The number of benzene rings is 1. The molecule has 0 unspecified atom stereocenters. The van der Waals surface area contributed by atoms with Gasteiger partial charge in [0.05, 0.1) is 22.0 Å². The van der Waals surface area contributed by atoms with E-state index in [1.165, 1.54) is 30.5 Å². The van der Waals surface area contributed by atoms with Gasteiger partial charge in [-0.2, -0.15) is 5.10 Å². The Kier molecular flexibility index (Phi) is 9.46. The summed E-state index contributed by atoms with van der Waals surface area (Å²) in [6.45, 7) is 10.6. The smallest absolute Gasteiger partial charge is 0.268 e. The van der Waals surface area contributed by atoms with E-state index >= 15 is 0 Å². The molecule has 1 saturated heterocycles. The first-order valence-corrected chi connectivity index (χ1v) is 13.0. The van der Waals surface area contributed by atoms with Crippen LogP contribution < -0.4 is 9.62 Å². The zero-order valence-electron chi connectivity index (χ0n) is 20.2. The Labute approximate surface area is 206 Å². The molecule has 0 spiro atoms. The first-order chi connectivity index (χ1) is 16.0. The Morgan fingerprint density at radius 1 is 1.09 bits per heavy atom. The van der Waals surface area contributed by atoms with Crippen molar-refractivity contribution in [1.82, 2.24) is 14.3 Å². The molecule has 0 saturated carbocycles. The molecule has 1 amide bonds. The van der Waals surface area contributed by atoms with Crippen LogP contribution in [0.1, 0.15) is 57.8 Å². The molecule has 1 N–H and O–H groups in total. The number of carbonyl (C=O) groups is 1.